The molecular weight excluding hydrogens is 465 g/mol. The Bertz CT molecular complexity index is 1410. The maximum Gasteiger partial charge on any atom is 0.135 e. The fourth-order valence-corrected chi connectivity index (χ4v) is 4.74. The highest BCUT2D eigenvalue weighted by Crippen LogP contribution is 2.33. The summed E-state index contributed by atoms with van der Waals surface area (Å²) in [6.07, 6.45) is 11.1. The smallest absolute Gasteiger partial charge is 0.135 e. The maximum absolute atomic E-state index is 13.8. The van der Waals surface area contributed by atoms with E-state index in [2.05, 4.69) is 26.5 Å². The van der Waals surface area contributed by atoms with E-state index in [4.69, 9.17) is 23.1 Å². The predicted octanol–water partition coefficient (Wildman–Crippen LogP) is 5.22. The minimum Gasteiger partial charge on any atom is -0.383 e. The molecule has 0 radical (unpaired) electrons. The Kier molecular flexibility index (Phi) is 6.40. The number of halogens is 2. The lowest BCUT2D eigenvalue weighted by molar-refractivity contribution is 0.411. The third-order valence-electron chi connectivity index (χ3n) is 6.51. The van der Waals surface area contributed by atoms with Crippen LogP contribution in [0.2, 0.25) is 5.02 Å². The highest BCUT2D eigenvalue weighted by atomic mass is 35.5. The van der Waals surface area contributed by atoms with Crippen molar-refractivity contribution in [3.05, 3.63) is 77.1 Å². The second kappa shape index (κ2) is 9.64. The normalized spacial score (nSPS) is 18.7. The van der Waals surface area contributed by atoms with Crippen molar-refractivity contribution in [2.75, 3.05) is 5.32 Å². The number of aliphatic imine (C=N–C) groups is 1. The van der Waals surface area contributed by atoms with Crippen LogP contribution in [0.4, 0.5) is 15.8 Å². The van der Waals surface area contributed by atoms with Crippen LogP contribution in [0.15, 0.2) is 60.1 Å². The van der Waals surface area contributed by atoms with E-state index < -0.39 is 5.82 Å². The Morgan fingerprint density at radius 1 is 1.17 bits per heavy atom. The summed E-state index contributed by atoms with van der Waals surface area (Å²) < 4.78 is 15.6. The van der Waals surface area contributed by atoms with Crippen LogP contribution in [0.3, 0.4) is 0 Å². The summed E-state index contributed by atoms with van der Waals surface area (Å²) in [4.78, 5) is 8.65. The number of nitrogens with two attached hydrogens (primary N) is 2. The number of anilines is 1. The topological polar surface area (TPSA) is 107 Å². The molecule has 5 N–H and O–H groups in total. The molecule has 3 aromatic heterocycles. The molecule has 0 unspecified atom stereocenters. The van der Waals surface area contributed by atoms with Gasteiger partial charge in [-0.3, -0.25) is 4.98 Å². The number of aromatic nitrogens is 3. The summed E-state index contributed by atoms with van der Waals surface area (Å²) in [6, 6.07) is 8.56. The van der Waals surface area contributed by atoms with Crippen LogP contribution in [-0.4, -0.2) is 32.5 Å². The summed E-state index contributed by atoms with van der Waals surface area (Å²) in [5, 5.41) is 8.60. The van der Waals surface area contributed by atoms with Gasteiger partial charge in [0.1, 0.15) is 11.7 Å². The molecule has 1 aliphatic carbocycles. The first-order valence-corrected chi connectivity index (χ1v) is 12.0. The van der Waals surface area contributed by atoms with Gasteiger partial charge in [-0.15, -0.1) is 0 Å². The molecule has 7 nitrogen and oxygen atoms in total. The number of nitrogens with one attached hydrogen (secondary N) is 1. The van der Waals surface area contributed by atoms with Crippen LogP contribution in [-0.2, 0) is 0 Å². The van der Waals surface area contributed by atoms with Gasteiger partial charge in [-0.05, 0) is 68.0 Å². The molecule has 0 saturated heterocycles. The van der Waals surface area contributed by atoms with Crippen LogP contribution in [0, 0.1) is 12.7 Å². The van der Waals surface area contributed by atoms with Crippen molar-refractivity contribution < 1.29 is 4.39 Å². The summed E-state index contributed by atoms with van der Waals surface area (Å²) in [5.74, 6) is -0.235. The molecule has 1 fully saturated rings. The van der Waals surface area contributed by atoms with E-state index >= 15 is 0 Å². The second-order valence-electron chi connectivity index (χ2n) is 9.03. The van der Waals surface area contributed by atoms with Gasteiger partial charge in [0.05, 0.1) is 33.7 Å². The van der Waals surface area contributed by atoms with E-state index in [-0.39, 0.29) is 23.6 Å². The first-order chi connectivity index (χ1) is 16.9. The van der Waals surface area contributed by atoms with Crippen molar-refractivity contribution in [3.8, 4) is 11.1 Å². The van der Waals surface area contributed by atoms with Crippen LogP contribution in [0.5, 0.6) is 0 Å². The highest BCUT2D eigenvalue weighted by molar-refractivity contribution is 6.33. The van der Waals surface area contributed by atoms with Gasteiger partial charge >= 0.3 is 0 Å². The Morgan fingerprint density at radius 2 is 1.97 bits per heavy atom. The Morgan fingerprint density at radius 3 is 2.74 bits per heavy atom. The SMILES string of the molecule is Cc1cnccc1-c1cc2c(N[C@H]3CC[C@H](N)CC3)c(/C(N)=N/c3cc(F)ccc3Cl)cnn2c1. The lowest BCUT2D eigenvalue weighted by Crippen LogP contribution is -2.33. The van der Waals surface area contributed by atoms with E-state index in [0.29, 0.717) is 10.6 Å². The summed E-state index contributed by atoms with van der Waals surface area (Å²) in [6.45, 7) is 2.03. The van der Waals surface area contributed by atoms with Crippen LogP contribution in [0.25, 0.3) is 16.6 Å². The van der Waals surface area contributed by atoms with Crippen molar-refractivity contribution in [3.63, 3.8) is 0 Å². The van der Waals surface area contributed by atoms with E-state index in [9.17, 15) is 4.39 Å². The minimum absolute atomic E-state index is 0.199. The average molecular weight is 492 g/mol. The van der Waals surface area contributed by atoms with E-state index in [1.54, 1.807) is 12.4 Å². The molecule has 5 rings (SSSR count). The van der Waals surface area contributed by atoms with Crippen molar-refractivity contribution in [1.29, 1.82) is 0 Å². The first-order valence-electron chi connectivity index (χ1n) is 11.6. The number of benzene rings is 1. The van der Waals surface area contributed by atoms with Gasteiger partial charge in [0.15, 0.2) is 0 Å². The van der Waals surface area contributed by atoms with Gasteiger partial charge in [-0.2, -0.15) is 5.10 Å². The standard InChI is InChI=1S/C26H27ClFN7/c1-15-12-31-9-8-20(15)16-10-24-25(33-19-5-3-18(29)4-6-19)21(13-32-35(24)14-16)26(30)34-23-11-17(28)2-7-22(23)27/h2,7-14,18-19,33H,3-6,29H2,1H3,(H2,30,34)/t18-,19-. The molecule has 3 heterocycles. The van der Waals surface area contributed by atoms with E-state index in [1.807, 2.05) is 29.9 Å². The number of amidine groups is 1. The summed E-state index contributed by atoms with van der Waals surface area (Å²) >= 11 is 6.24. The largest absolute Gasteiger partial charge is 0.383 e. The third-order valence-corrected chi connectivity index (χ3v) is 6.83. The van der Waals surface area contributed by atoms with Gasteiger partial charge in [-0.25, -0.2) is 13.9 Å². The van der Waals surface area contributed by atoms with Gasteiger partial charge in [0, 0.05) is 42.3 Å². The summed E-state index contributed by atoms with van der Waals surface area (Å²) in [7, 11) is 0. The number of rotatable bonds is 5. The Hall–Kier alpha value is -3.49. The predicted molar refractivity (Wildman–Crippen MR) is 139 cm³/mol. The minimum atomic E-state index is -0.435. The fraction of sp³-hybridized carbons (Fsp3) is 0.269. The zero-order valence-corrected chi connectivity index (χ0v) is 20.1. The third kappa shape index (κ3) is 4.85. The molecule has 0 spiro atoms. The highest BCUT2D eigenvalue weighted by Gasteiger charge is 2.22. The molecule has 4 aromatic rings. The van der Waals surface area contributed by atoms with Crippen molar-refractivity contribution in [2.24, 2.45) is 16.5 Å². The average Bonchev–Trinajstić information content (AvgIpc) is 3.28. The molecule has 0 amide bonds. The molecule has 1 aromatic carbocycles. The van der Waals surface area contributed by atoms with Crippen molar-refractivity contribution >= 4 is 34.3 Å². The number of nitrogens with zero attached hydrogens (tertiary/aromatic N) is 4. The molecule has 1 aliphatic rings. The molecule has 180 valence electrons. The number of hydrogen-bond donors (Lipinski definition) is 3. The van der Waals surface area contributed by atoms with Crippen LogP contribution < -0.4 is 16.8 Å². The number of pyridine rings is 1. The lowest BCUT2D eigenvalue weighted by Gasteiger charge is -2.28. The molecule has 9 heteroatoms. The monoisotopic (exact) mass is 491 g/mol. The van der Waals surface area contributed by atoms with Crippen LogP contribution in [0.1, 0.15) is 36.8 Å². The van der Waals surface area contributed by atoms with Gasteiger partial charge in [0.2, 0.25) is 0 Å². The van der Waals surface area contributed by atoms with Crippen LogP contribution >= 0.6 is 11.6 Å². The lowest BCUT2D eigenvalue weighted by atomic mass is 9.91. The molecule has 35 heavy (non-hydrogen) atoms. The Labute approximate surface area is 208 Å². The Balaban J connectivity index is 1.62. The number of aryl methyl sites for hydroxylation is 1. The van der Waals surface area contributed by atoms with Gasteiger partial charge < -0.3 is 16.8 Å². The van der Waals surface area contributed by atoms with Gasteiger partial charge in [-0.1, -0.05) is 11.6 Å². The quantitative estimate of drug-likeness (QED) is 0.262. The molecule has 0 bridgehead atoms. The zero-order chi connectivity index (χ0) is 24.5. The van der Waals surface area contributed by atoms with Crippen molar-refractivity contribution in [1.82, 2.24) is 14.6 Å². The summed E-state index contributed by atoms with van der Waals surface area (Å²) in [5.41, 5.74) is 18.3. The molecule has 0 aliphatic heterocycles. The number of fused-ring (bicyclic) bond motifs is 1. The number of hydrogen-bond acceptors (Lipinski definition) is 5. The van der Waals surface area contributed by atoms with E-state index in [0.717, 1.165) is 53.6 Å². The molecule has 0 atom stereocenters. The zero-order valence-electron chi connectivity index (χ0n) is 19.4. The van der Waals surface area contributed by atoms with Crippen molar-refractivity contribution in [2.45, 2.75) is 44.7 Å². The molecule has 1 saturated carbocycles. The fourth-order valence-electron chi connectivity index (χ4n) is 4.58. The second-order valence-corrected chi connectivity index (χ2v) is 9.44. The van der Waals surface area contributed by atoms with Gasteiger partial charge in [0.25, 0.3) is 0 Å². The first kappa shape index (κ1) is 23.3. The maximum atomic E-state index is 13.8. The van der Waals surface area contributed by atoms with E-state index in [1.165, 1.54) is 18.2 Å². The molecular formula is C26H27ClFN7.